The van der Waals surface area contributed by atoms with E-state index >= 15 is 0 Å². The molecule has 1 aliphatic heterocycles. The molecule has 1 aliphatic rings. The number of anilines is 3. The highest BCUT2D eigenvalue weighted by atomic mass is 16.5. The van der Waals surface area contributed by atoms with E-state index in [2.05, 4.69) is 24.1 Å². The first kappa shape index (κ1) is 20.9. The van der Waals surface area contributed by atoms with Crippen LogP contribution in [-0.4, -0.2) is 44.7 Å². The van der Waals surface area contributed by atoms with Gasteiger partial charge in [-0.3, -0.25) is 9.59 Å². The van der Waals surface area contributed by atoms with Gasteiger partial charge in [0.25, 0.3) is 0 Å². The quantitative estimate of drug-likeness (QED) is 0.811. The van der Waals surface area contributed by atoms with E-state index in [1.165, 1.54) is 17.4 Å². The Morgan fingerprint density at radius 2 is 1.72 bits per heavy atom. The van der Waals surface area contributed by atoms with Crippen molar-refractivity contribution in [1.82, 2.24) is 0 Å². The van der Waals surface area contributed by atoms with Crippen LogP contribution in [-0.2, 0) is 14.3 Å². The number of carbonyl (C=O) groups excluding carboxylic acids is 2. The molecule has 0 bridgehead atoms. The summed E-state index contributed by atoms with van der Waals surface area (Å²) in [6.07, 6.45) is 0. The Morgan fingerprint density at radius 3 is 2.34 bits per heavy atom. The van der Waals surface area contributed by atoms with Crippen LogP contribution in [0.15, 0.2) is 48.5 Å². The summed E-state index contributed by atoms with van der Waals surface area (Å²) < 4.78 is 5.44. The van der Waals surface area contributed by atoms with Gasteiger partial charge in [-0.2, -0.15) is 0 Å². The van der Waals surface area contributed by atoms with Crippen molar-refractivity contribution >= 4 is 28.9 Å². The molecule has 6 heteroatoms. The lowest BCUT2D eigenvalue weighted by atomic mass is 10.0. The second-order valence-corrected chi connectivity index (χ2v) is 7.52. The van der Waals surface area contributed by atoms with Crippen LogP contribution >= 0.6 is 0 Å². The Bertz CT molecular complexity index is 843. The maximum absolute atomic E-state index is 12.7. The van der Waals surface area contributed by atoms with Gasteiger partial charge in [0.05, 0.1) is 24.6 Å². The highest BCUT2D eigenvalue weighted by Gasteiger charge is 2.22. The molecule has 6 nitrogen and oxygen atoms in total. The van der Waals surface area contributed by atoms with Gasteiger partial charge in [-0.1, -0.05) is 38.1 Å². The summed E-state index contributed by atoms with van der Waals surface area (Å²) in [6.45, 7) is 8.54. The molecule has 0 unspecified atom stereocenters. The molecule has 0 aromatic heterocycles. The van der Waals surface area contributed by atoms with Crippen LogP contribution in [0.25, 0.3) is 0 Å². The normalized spacial score (nSPS) is 14.0. The molecule has 1 N–H and O–H groups in total. The standard InChI is InChI=1S/C23H29N3O3/c1-17(2)19-8-10-20(11-9-19)24-23(28)16-26(18(3)27)22-7-5-4-6-21(22)25-12-14-29-15-13-25/h4-11,17H,12-16H2,1-3H3,(H,24,28). The van der Waals surface area contributed by atoms with Gasteiger partial charge in [-0.05, 0) is 35.7 Å². The molecule has 2 amide bonds. The van der Waals surface area contributed by atoms with Gasteiger partial charge in [0.15, 0.2) is 0 Å². The Labute approximate surface area is 172 Å². The molecule has 154 valence electrons. The Hall–Kier alpha value is -2.86. The molecular weight excluding hydrogens is 366 g/mol. The van der Waals surface area contributed by atoms with E-state index in [1.807, 2.05) is 48.5 Å². The average Bonchev–Trinajstić information content (AvgIpc) is 2.73. The summed E-state index contributed by atoms with van der Waals surface area (Å²) in [4.78, 5) is 28.8. The van der Waals surface area contributed by atoms with E-state index in [4.69, 9.17) is 4.74 Å². The molecule has 3 rings (SSSR count). The second kappa shape index (κ2) is 9.56. The van der Waals surface area contributed by atoms with E-state index in [-0.39, 0.29) is 18.4 Å². The number of nitrogens with one attached hydrogen (secondary N) is 1. The third-order valence-corrected chi connectivity index (χ3v) is 5.07. The lowest BCUT2D eigenvalue weighted by molar-refractivity contribution is -0.120. The molecule has 29 heavy (non-hydrogen) atoms. The van der Waals surface area contributed by atoms with Gasteiger partial charge in [0, 0.05) is 25.7 Å². The fraction of sp³-hybridized carbons (Fsp3) is 0.391. The van der Waals surface area contributed by atoms with Crippen LogP contribution < -0.4 is 15.1 Å². The van der Waals surface area contributed by atoms with E-state index in [9.17, 15) is 9.59 Å². The Balaban J connectivity index is 1.75. The zero-order chi connectivity index (χ0) is 20.8. The molecule has 0 radical (unpaired) electrons. The average molecular weight is 396 g/mol. The third-order valence-electron chi connectivity index (χ3n) is 5.07. The van der Waals surface area contributed by atoms with Crippen molar-refractivity contribution in [3.63, 3.8) is 0 Å². The number of amides is 2. The van der Waals surface area contributed by atoms with E-state index in [0.717, 1.165) is 30.2 Å². The van der Waals surface area contributed by atoms with Crippen molar-refractivity contribution in [1.29, 1.82) is 0 Å². The van der Waals surface area contributed by atoms with Crippen LogP contribution in [0.3, 0.4) is 0 Å². The summed E-state index contributed by atoms with van der Waals surface area (Å²) in [7, 11) is 0. The lowest BCUT2D eigenvalue weighted by Gasteiger charge is -2.33. The predicted molar refractivity (Wildman–Crippen MR) is 117 cm³/mol. The van der Waals surface area contributed by atoms with Crippen LogP contribution in [0.1, 0.15) is 32.3 Å². The minimum atomic E-state index is -0.228. The first-order valence-corrected chi connectivity index (χ1v) is 10.1. The lowest BCUT2D eigenvalue weighted by Crippen LogP contribution is -2.40. The smallest absolute Gasteiger partial charge is 0.244 e. The van der Waals surface area contributed by atoms with Crippen molar-refractivity contribution in [3.8, 4) is 0 Å². The largest absolute Gasteiger partial charge is 0.378 e. The minimum absolute atomic E-state index is 0.0391. The molecule has 1 saturated heterocycles. The molecular formula is C23H29N3O3. The van der Waals surface area contributed by atoms with Crippen molar-refractivity contribution in [2.24, 2.45) is 0 Å². The third kappa shape index (κ3) is 5.35. The molecule has 1 heterocycles. The molecule has 1 fully saturated rings. The summed E-state index contributed by atoms with van der Waals surface area (Å²) >= 11 is 0. The van der Waals surface area contributed by atoms with Crippen LogP contribution in [0.2, 0.25) is 0 Å². The number of ether oxygens (including phenoxy) is 1. The molecule has 2 aromatic carbocycles. The monoisotopic (exact) mass is 395 g/mol. The van der Waals surface area contributed by atoms with Gasteiger partial charge in [0.2, 0.25) is 11.8 Å². The fourth-order valence-electron chi connectivity index (χ4n) is 3.43. The zero-order valence-corrected chi connectivity index (χ0v) is 17.4. The molecule has 0 spiro atoms. The summed E-state index contributed by atoms with van der Waals surface area (Å²) in [5.74, 6) is 0.0370. The number of hydrogen-bond acceptors (Lipinski definition) is 4. The number of benzene rings is 2. The highest BCUT2D eigenvalue weighted by molar-refractivity contribution is 6.03. The van der Waals surface area contributed by atoms with Crippen molar-refractivity contribution < 1.29 is 14.3 Å². The highest BCUT2D eigenvalue weighted by Crippen LogP contribution is 2.30. The van der Waals surface area contributed by atoms with E-state index in [0.29, 0.717) is 19.1 Å². The molecule has 2 aromatic rings. The van der Waals surface area contributed by atoms with E-state index in [1.54, 1.807) is 0 Å². The summed E-state index contributed by atoms with van der Waals surface area (Å²) in [5, 5.41) is 2.90. The molecule has 0 atom stereocenters. The maximum Gasteiger partial charge on any atom is 0.244 e. The number of para-hydroxylation sites is 2. The molecule has 0 saturated carbocycles. The van der Waals surface area contributed by atoms with E-state index < -0.39 is 0 Å². The second-order valence-electron chi connectivity index (χ2n) is 7.52. The number of rotatable bonds is 6. The van der Waals surface area contributed by atoms with Gasteiger partial charge in [-0.25, -0.2) is 0 Å². The molecule has 0 aliphatic carbocycles. The van der Waals surface area contributed by atoms with Gasteiger partial charge in [0.1, 0.15) is 6.54 Å². The van der Waals surface area contributed by atoms with Crippen molar-refractivity contribution in [2.45, 2.75) is 26.7 Å². The predicted octanol–water partition coefficient (Wildman–Crippen LogP) is 3.64. The number of morpholine rings is 1. The van der Waals surface area contributed by atoms with Crippen LogP contribution in [0.5, 0.6) is 0 Å². The fourth-order valence-corrected chi connectivity index (χ4v) is 3.43. The summed E-state index contributed by atoms with van der Waals surface area (Å²) in [6, 6.07) is 15.5. The van der Waals surface area contributed by atoms with Gasteiger partial charge < -0.3 is 19.9 Å². The topological polar surface area (TPSA) is 61.9 Å². The number of carbonyl (C=O) groups is 2. The number of nitrogens with zero attached hydrogens (tertiary/aromatic N) is 2. The first-order chi connectivity index (χ1) is 14.0. The first-order valence-electron chi connectivity index (χ1n) is 10.1. The zero-order valence-electron chi connectivity index (χ0n) is 17.4. The number of hydrogen-bond donors (Lipinski definition) is 1. The van der Waals surface area contributed by atoms with Crippen molar-refractivity contribution in [2.75, 3.05) is 48.0 Å². The maximum atomic E-state index is 12.7. The van der Waals surface area contributed by atoms with Crippen molar-refractivity contribution in [3.05, 3.63) is 54.1 Å². The van der Waals surface area contributed by atoms with Crippen LogP contribution in [0, 0.1) is 0 Å². The SMILES string of the molecule is CC(=O)N(CC(=O)Nc1ccc(C(C)C)cc1)c1ccccc1N1CCOCC1. The Kier molecular flexibility index (Phi) is 6.88. The van der Waals surface area contributed by atoms with Gasteiger partial charge >= 0.3 is 0 Å². The van der Waals surface area contributed by atoms with Crippen LogP contribution in [0.4, 0.5) is 17.1 Å². The van der Waals surface area contributed by atoms with Gasteiger partial charge in [-0.15, -0.1) is 0 Å². The minimum Gasteiger partial charge on any atom is -0.378 e. The summed E-state index contributed by atoms with van der Waals surface area (Å²) in [5.41, 5.74) is 3.63. The Morgan fingerprint density at radius 1 is 1.07 bits per heavy atom.